The van der Waals surface area contributed by atoms with Crippen LogP contribution in [0.25, 0.3) is 0 Å². The first kappa shape index (κ1) is 16.7. The molecule has 2 aliphatic heterocycles. The highest BCUT2D eigenvalue weighted by molar-refractivity contribution is 7.86. The Morgan fingerprint density at radius 3 is 2.45 bits per heavy atom. The molecule has 22 heavy (non-hydrogen) atoms. The van der Waals surface area contributed by atoms with Gasteiger partial charge in [0.1, 0.15) is 0 Å². The average Bonchev–Trinajstić information content (AvgIpc) is 2.55. The van der Waals surface area contributed by atoms with Crippen LogP contribution < -0.4 is 0 Å². The lowest BCUT2D eigenvalue weighted by atomic mass is 9.74. The summed E-state index contributed by atoms with van der Waals surface area (Å²) in [6.45, 7) is 4.34. The van der Waals surface area contributed by atoms with Crippen LogP contribution >= 0.6 is 0 Å². The van der Waals surface area contributed by atoms with E-state index in [1.54, 1.807) is 11.4 Å². The molecule has 3 fully saturated rings. The van der Waals surface area contributed by atoms with Crippen LogP contribution in [0.4, 0.5) is 0 Å². The molecule has 0 bridgehead atoms. The van der Waals surface area contributed by atoms with Crippen molar-refractivity contribution in [3.05, 3.63) is 0 Å². The summed E-state index contributed by atoms with van der Waals surface area (Å²) in [5, 5.41) is 0. The molecule has 1 aliphatic carbocycles. The predicted molar refractivity (Wildman–Crippen MR) is 86.8 cm³/mol. The minimum atomic E-state index is -3.34. The Kier molecular flexibility index (Phi) is 5.12. The second-order valence-corrected chi connectivity index (χ2v) is 9.20. The molecule has 5 nitrogen and oxygen atoms in total. The molecule has 1 saturated carbocycles. The van der Waals surface area contributed by atoms with E-state index < -0.39 is 10.2 Å². The van der Waals surface area contributed by atoms with Crippen LogP contribution in [0.5, 0.6) is 0 Å². The van der Waals surface area contributed by atoms with Gasteiger partial charge in [-0.15, -0.1) is 0 Å². The van der Waals surface area contributed by atoms with Crippen LogP contribution in [0, 0.1) is 11.8 Å². The van der Waals surface area contributed by atoms with Gasteiger partial charge in [-0.05, 0) is 43.9 Å². The maximum atomic E-state index is 13.2. The van der Waals surface area contributed by atoms with E-state index in [2.05, 4.69) is 6.92 Å². The lowest BCUT2D eigenvalue weighted by Gasteiger charge is -2.48. The highest BCUT2D eigenvalue weighted by Gasteiger charge is 2.44. The third-order valence-electron chi connectivity index (χ3n) is 6.05. The van der Waals surface area contributed by atoms with E-state index in [1.807, 2.05) is 4.31 Å². The smallest absolute Gasteiger partial charge is 0.282 e. The van der Waals surface area contributed by atoms with Gasteiger partial charge in [0, 0.05) is 38.9 Å². The summed E-state index contributed by atoms with van der Waals surface area (Å²) >= 11 is 0. The first-order chi connectivity index (χ1) is 10.5. The van der Waals surface area contributed by atoms with Gasteiger partial charge in [-0.1, -0.05) is 19.8 Å². The number of hydrogen-bond donors (Lipinski definition) is 0. The molecule has 0 aromatic rings. The van der Waals surface area contributed by atoms with Crippen LogP contribution in [0.2, 0.25) is 0 Å². The van der Waals surface area contributed by atoms with E-state index in [0.29, 0.717) is 31.6 Å². The van der Waals surface area contributed by atoms with Gasteiger partial charge in [-0.25, -0.2) is 0 Å². The molecular weight excluding hydrogens is 300 g/mol. The minimum Gasteiger partial charge on any atom is -0.381 e. The quantitative estimate of drug-likeness (QED) is 0.797. The normalized spacial score (nSPS) is 35.5. The van der Waals surface area contributed by atoms with Crippen LogP contribution in [0.1, 0.15) is 51.9 Å². The van der Waals surface area contributed by atoms with E-state index in [4.69, 9.17) is 4.74 Å². The van der Waals surface area contributed by atoms with Gasteiger partial charge in [0.05, 0.1) is 0 Å². The lowest BCUT2D eigenvalue weighted by Crippen LogP contribution is -2.57. The van der Waals surface area contributed by atoms with E-state index in [9.17, 15) is 8.42 Å². The summed E-state index contributed by atoms with van der Waals surface area (Å²) in [5.74, 6) is 1.21. The molecule has 0 aromatic carbocycles. The standard InChI is InChI=1S/C16H30N2O3S/c1-13-7-10-18(16-6-4-3-5-15(13)16)22(19,20)17(2)14-8-11-21-12-9-14/h13-16H,3-12H2,1-2H3/t13-,15-,16-/m1/s1. The van der Waals surface area contributed by atoms with Gasteiger partial charge in [-0.2, -0.15) is 17.0 Å². The topological polar surface area (TPSA) is 49.9 Å². The van der Waals surface area contributed by atoms with E-state index >= 15 is 0 Å². The fourth-order valence-corrected chi connectivity index (χ4v) is 6.42. The number of hydrogen-bond acceptors (Lipinski definition) is 3. The Morgan fingerprint density at radius 1 is 1.05 bits per heavy atom. The van der Waals surface area contributed by atoms with Crippen molar-refractivity contribution in [2.75, 3.05) is 26.8 Å². The summed E-state index contributed by atoms with van der Waals surface area (Å²) < 4.78 is 35.2. The second kappa shape index (κ2) is 6.75. The zero-order valence-corrected chi connectivity index (χ0v) is 14.7. The SMILES string of the molecule is C[C@@H]1CCN(S(=O)(=O)N(C)C2CCOCC2)[C@@H]2CCCC[C@H]12. The van der Waals surface area contributed by atoms with Crippen molar-refractivity contribution >= 4 is 10.2 Å². The molecule has 0 radical (unpaired) electrons. The monoisotopic (exact) mass is 330 g/mol. The first-order valence-electron chi connectivity index (χ1n) is 8.84. The molecular formula is C16H30N2O3S. The molecule has 3 atom stereocenters. The predicted octanol–water partition coefficient (Wildman–Crippen LogP) is 2.24. The van der Waals surface area contributed by atoms with Crippen LogP contribution in [0.3, 0.4) is 0 Å². The number of rotatable bonds is 3. The van der Waals surface area contributed by atoms with E-state index in [0.717, 1.165) is 25.7 Å². The molecule has 0 amide bonds. The number of nitrogens with zero attached hydrogens (tertiary/aromatic N) is 2. The fraction of sp³-hybridized carbons (Fsp3) is 1.00. The highest BCUT2D eigenvalue weighted by atomic mass is 32.2. The van der Waals surface area contributed by atoms with E-state index in [1.165, 1.54) is 19.3 Å². The van der Waals surface area contributed by atoms with Gasteiger partial charge in [0.25, 0.3) is 10.2 Å². The Hall–Kier alpha value is -0.170. The van der Waals surface area contributed by atoms with Crippen LogP contribution in [-0.2, 0) is 14.9 Å². The Balaban J connectivity index is 1.78. The van der Waals surface area contributed by atoms with Gasteiger partial charge >= 0.3 is 0 Å². The van der Waals surface area contributed by atoms with Crippen molar-refractivity contribution in [2.24, 2.45) is 11.8 Å². The van der Waals surface area contributed by atoms with Crippen molar-refractivity contribution in [3.8, 4) is 0 Å². The molecule has 0 spiro atoms. The number of fused-ring (bicyclic) bond motifs is 1. The largest absolute Gasteiger partial charge is 0.381 e. The van der Waals surface area contributed by atoms with Gasteiger partial charge in [-0.3, -0.25) is 0 Å². The molecule has 0 aromatic heterocycles. The van der Waals surface area contributed by atoms with Crippen molar-refractivity contribution in [2.45, 2.75) is 64.0 Å². The summed E-state index contributed by atoms with van der Waals surface area (Å²) in [6.07, 6.45) is 7.29. The molecule has 6 heteroatoms. The third kappa shape index (κ3) is 3.07. The Morgan fingerprint density at radius 2 is 1.73 bits per heavy atom. The highest BCUT2D eigenvalue weighted by Crippen LogP contribution is 2.40. The molecule has 128 valence electrons. The summed E-state index contributed by atoms with van der Waals surface area (Å²) in [4.78, 5) is 0. The Bertz CT molecular complexity index is 476. The Labute approximate surface area is 135 Å². The lowest BCUT2D eigenvalue weighted by molar-refractivity contribution is 0.0532. The fourth-order valence-electron chi connectivity index (χ4n) is 4.56. The maximum absolute atomic E-state index is 13.2. The summed E-state index contributed by atoms with van der Waals surface area (Å²) in [7, 11) is -1.58. The van der Waals surface area contributed by atoms with Crippen LogP contribution in [0.15, 0.2) is 0 Å². The maximum Gasteiger partial charge on any atom is 0.282 e. The number of piperidine rings is 1. The molecule has 3 aliphatic rings. The van der Waals surface area contributed by atoms with Crippen LogP contribution in [-0.4, -0.2) is 55.9 Å². The molecule has 0 N–H and O–H groups in total. The third-order valence-corrected chi connectivity index (χ3v) is 8.12. The van der Waals surface area contributed by atoms with Crippen molar-refractivity contribution in [3.63, 3.8) is 0 Å². The minimum absolute atomic E-state index is 0.0974. The zero-order valence-electron chi connectivity index (χ0n) is 13.9. The zero-order chi connectivity index (χ0) is 15.7. The molecule has 2 saturated heterocycles. The van der Waals surface area contributed by atoms with Gasteiger partial charge < -0.3 is 4.74 Å². The summed E-state index contributed by atoms with van der Waals surface area (Å²) in [6, 6.07) is 0.324. The van der Waals surface area contributed by atoms with Gasteiger partial charge in [0.2, 0.25) is 0 Å². The first-order valence-corrected chi connectivity index (χ1v) is 10.2. The van der Waals surface area contributed by atoms with Crippen molar-refractivity contribution in [1.82, 2.24) is 8.61 Å². The van der Waals surface area contributed by atoms with Crippen molar-refractivity contribution < 1.29 is 13.2 Å². The average molecular weight is 330 g/mol. The van der Waals surface area contributed by atoms with Crippen molar-refractivity contribution in [1.29, 1.82) is 0 Å². The molecule has 3 rings (SSSR count). The van der Waals surface area contributed by atoms with E-state index in [-0.39, 0.29) is 12.1 Å². The summed E-state index contributed by atoms with van der Waals surface area (Å²) in [5.41, 5.74) is 0. The molecule has 0 unspecified atom stereocenters. The second-order valence-electron chi connectivity index (χ2n) is 7.26. The molecule has 2 heterocycles. The van der Waals surface area contributed by atoms with Gasteiger partial charge in [0.15, 0.2) is 0 Å². The number of ether oxygens (including phenoxy) is 1.